The SMILES string of the molecule is CCn1cc(CN2CCN(C(=O)Cn3nccc3C(=O)O)CC2)cn1. The number of carbonyl (C=O) groups excluding carboxylic acids is 1. The van der Waals surface area contributed by atoms with Crippen molar-refractivity contribution in [2.24, 2.45) is 0 Å². The highest BCUT2D eigenvalue weighted by atomic mass is 16.4. The maximum absolute atomic E-state index is 12.4. The standard InChI is InChI=1S/C16H22N6O3/c1-2-21-11-13(9-18-21)10-19-5-7-20(8-6-19)15(23)12-22-14(16(24)25)3-4-17-22/h3-4,9,11H,2,5-8,10,12H2,1H3,(H,24,25). The molecule has 2 aromatic rings. The zero-order valence-corrected chi connectivity index (χ0v) is 14.2. The van der Waals surface area contributed by atoms with E-state index in [1.54, 1.807) is 4.90 Å². The van der Waals surface area contributed by atoms with E-state index in [0.29, 0.717) is 13.1 Å². The number of amides is 1. The summed E-state index contributed by atoms with van der Waals surface area (Å²) in [5.74, 6) is -1.19. The molecule has 2 aromatic heterocycles. The van der Waals surface area contributed by atoms with Crippen LogP contribution in [0.2, 0.25) is 0 Å². The van der Waals surface area contributed by atoms with E-state index < -0.39 is 5.97 Å². The summed E-state index contributed by atoms with van der Waals surface area (Å²) < 4.78 is 3.13. The smallest absolute Gasteiger partial charge is 0.354 e. The Labute approximate surface area is 145 Å². The normalized spacial score (nSPS) is 15.5. The lowest BCUT2D eigenvalue weighted by molar-refractivity contribution is -0.133. The highest BCUT2D eigenvalue weighted by molar-refractivity contribution is 5.86. The molecule has 0 aromatic carbocycles. The zero-order chi connectivity index (χ0) is 17.8. The third-order valence-electron chi connectivity index (χ3n) is 4.36. The second kappa shape index (κ2) is 7.47. The molecule has 0 unspecified atom stereocenters. The average Bonchev–Trinajstić information content (AvgIpc) is 3.24. The zero-order valence-electron chi connectivity index (χ0n) is 14.2. The van der Waals surface area contributed by atoms with Crippen LogP contribution in [0.15, 0.2) is 24.7 Å². The Morgan fingerprint density at radius 1 is 1.20 bits per heavy atom. The molecule has 3 rings (SSSR count). The molecule has 1 N–H and O–H groups in total. The molecule has 0 atom stereocenters. The van der Waals surface area contributed by atoms with Crippen LogP contribution in [0.5, 0.6) is 0 Å². The lowest BCUT2D eigenvalue weighted by Gasteiger charge is -2.34. The monoisotopic (exact) mass is 346 g/mol. The molecule has 0 saturated carbocycles. The van der Waals surface area contributed by atoms with Crippen LogP contribution in [0.4, 0.5) is 0 Å². The molecule has 1 aliphatic heterocycles. The van der Waals surface area contributed by atoms with Crippen molar-refractivity contribution in [3.8, 4) is 0 Å². The third-order valence-corrected chi connectivity index (χ3v) is 4.36. The molecule has 0 spiro atoms. The second-order valence-corrected chi connectivity index (χ2v) is 6.04. The lowest BCUT2D eigenvalue weighted by Crippen LogP contribution is -2.49. The molecule has 1 amide bonds. The number of aromatic carboxylic acids is 1. The maximum atomic E-state index is 12.4. The Morgan fingerprint density at radius 2 is 1.96 bits per heavy atom. The molecule has 134 valence electrons. The lowest BCUT2D eigenvalue weighted by atomic mass is 10.2. The van der Waals surface area contributed by atoms with Crippen molar-refractivity contribution < 1.29 is 14.7 Å². The van der Waals surface area contributed by atoms with E-state index in [2.05, 4.69) is 22.0 Å². The van der Waals surface area contributed by atoms with Crippen LogP contribution in [0.25, 0.3) is 0 Å². The van der Waals surface area contributed by atoms with Crippen molar-refractivity contribution in [2.75, 3.05) is 26.2 Å². The predicted molar refractivity (Wildman–Crippen MR) is 88.9 cm³/mol. The number of carboxylic acid groups (broad SMARTS) is 1. The second-order valence-electron chi connectivity index (χ2n) is 6.04. The minimum absolute atomic E-state index is 0.0277. The van der Waals surface area contributed by atoms with Gasteiger partial charge in [0.25, 0.3) is 0 Å². The first-order valence-electron chi connectivity index (χ1n) is 8.33. The Bertz CT molecular complexity index is 745. The fraction of sp³-hybridized carbons (Fsp3) is 0.500. The van der Waals surface area contributed by atoms with Crippen molar-refractivity contribution in [2.45, 2.75) is 26.6 Å². The Kier molecular flexibility index (Phi) is 5.13. The average molecular weight is 346 g/mol. The Hall–Kier alpha value is -2.68. The number of nitrogens with zero attached hydrogens (tertiary/aromatic N) is 6. The molecular formula is C16H22N6O3. The summed E-state index contributed by atoms with van der Waals surface area (Å²) in [6, 6.07) is 1.39. The molecule has 0 aliphatic carbocycles. The van der Waals surface area contributed by atoms with Gasteiger partial charge in [0.2, 0.25) is 5.91 Å². The Balaban J connectivity index is 1.50. The van der Waals surface area contributed by atoms with Crippen LogP contribution in [0.1, 0.15) is 23.0 Å². The predicted octanol–water partition coefficient (Wildman–Crippen LogP) is 0.142. The van der Waals surface area contributed by atoms with Crippen molar-refractivity contribution in [3.63, 3.8) is 0 Å². The number of carbonyl (C=O) groups is 2. The minimum Gasteiger partial charge on any atom is -0.477 e. The van der Waals surface area contributed by atoms with E-state index >= 15 is 0 Å². The van der Waals surface area contributed by atoms with Crippen LogP contribution < -0.4 is 0 Å². The van der Waals surface area contributed by atoms with Crippen LogP contribution in [-0.2, 0) is 24.4 Å². The molecule has 1 saturated heterocycles. The van der Waals surface area contributed by atoms with E-state index in [4.69, 9.17) is 5.11 Å². The number of rotatable bonds is 6. The van der Waals surface area contributed by atoms with Gasteiger partial charge < -0.3 is 10.0 Å². The summed E-state index contributed by atoms with van der Waals surface area (Å²) in [6.45, 7) is 6.52. The first kappa shape index (κ1) is 17.2. The van der Waals surface area contributed by atoms with E-state index in [0.717, 1.165) is 26.2 Å². The minimum atomic E-state index is -1.08. The van der Waals surface area contributed by atoms with Gasteiger partial charge >= 0.3 is 5.97 Å². The third kappa shape index (κ3) is 4.05. The molecular weight excluding hydrogens is 324 g/mol. The molecule has 3 heterocycles. The summed E-state index contributed by atoms with van der Waals surface area (Å²) in [5, 5.41) is 17.3. The first-order chi connectivity index (χ1) is 12.1. The number of aryl methyl sites for hydroxylation is 1. The fourth-order valence-electron chi connectivity index (χ4n) is 2.94. The molecule has 0 bridgehead atoms. The first-order valence-corrected chi connectivity index (χ1v) is 8.33. The van der Waals surface area contributed by atoms with Gasteiger partial charge in [0.15, 0.2) is 0 Å². The van der Waals surface area contributed by atoms with Gasteiger partial charge in [0, 0.05) is 57.2 Å². The van der Waals surface area contributed by atoms with E-state index in [1.165, 1.54) is 22.5 Å². The van der Waals surface area contributed by atoms with Crippen molar-refractivity contribution in [1.82, 2.24) is 29.4 Å². The van der Waals surface area contributed by atoms with Crippen LogP contribution >= 0.6 is 0 Å². The molecule has 25 heavy (non-hydrogen) atoms. The summed E-state index contributed by atoms with van der Waals surface area (Å²) in [4.78, 5) is 27.5. The summed E-state index contributed by atoms with van der Waals surface area (Å²) in [5.41, 5.74) is 1.20. The number of hydrogen-bond acceptors (Lipinski definition) is 5. The largest absolute Gasteiger partial charge is 0.477 e. The van der Waals surface area contributed by atoms with E-state index in [1.807, 2.05) is 17.1 Å². The fourth-order valence-corrected chi connectivity index (χ4v) is 2.94. The van der Waals surface area contributed by atoms with Gasteiger partial charge in [-0.25, -0.2) is 9.48 Å². The molecule has 9 nitrogen and oxygen atoms in total. The van der Waals surface area contributed by atoms with Crippen molar-refractivity contribution >= 4 is 11.9 Å². The molecule has 9 heteroatoms. The highest BCUT2D eigenvalue weighted by Crippen LogP contribution is 2.09. The quantitative estimate of drug-likeness (QED) is 0.799. The summed E-state index contributed by atoms with van der Waals surface area (Å²) in [7, 11) is 0. The Morgan fingerprint density at radius 3 is 2.60 bits per heavy atom. The number of hydrogen-bond donors (Lipinski definition) is 1. The van der Waals surface area contributed by atoms with Gasteiger partial charge in [0.1, 0.15) is 12.2 Å². The van der Waals surface area contributed by atoms with Gasteiger partial charge in [-0.1, -0.05) is 0 Å². The topological polar surface area (TPSA) is 96.5 Å². The maximum Gasteiger partial charge on any atom is 0.354 e. The van der Waals surface area contributed by atoms with Gasteiger partial charge in [0.05, 0.1) is 6.20 Å². The number of carboxylic acids is 1. The number of aromatic nitrogens is 4. The van der Waals surface area contributed by atoms with E-state index in [9.17, 15) is 9.59 Å². The van der Waals surface area contributed by atoms with Gasteiger partial charge in [-0.3, -0.25) is 14.4 Å². The van der Waals surface area contributed by atoms with Gasteiger partial charge in [-0.15, -0.1) is 0 Å². The van der Waals surface area contributed by atoms with Gasteiger partial charge in [-0.05, 0) is 13.0 Å². The summed E-state index contributed by atoms with van der Waals surface area (Å²) >= 11 is 0. The molecule has 1 aliphatic rings. The van der Waals surface area contributed by atoms with Crippen LogP contribution in [0, 0.1) is 0 Å². The number of piperazine rings is 1. The van der Waals surface area contributed by atoms with Crippen molar-refractivity contribution in [3.05, 3.63) is 35.9 Å². The highest BCUT2D eigenvalue weighted by Gasteiger charge is 2.23. The van der Waals surface area contributed by atoms with Crippen LogP contribution in [-0.4, -0.2) is 72.5 Å². The van der Waals surface area contributed by atoms with E-state index in [-0.39, 0.29) is 18.1 Å². The van der Waals surface area contributed by atoms with Crippen LogP contribution in [0.3, 0.4) is 0 Å². The molecule has 0 radical (unpaired) electrons. The van der Waals surface area contributed by atoms with Crippen molar-refractivity contribution in [1.29, 1.82) is 0 Å². The molecule has 1 fully saturated rings. The summed E-state index contributed by atoms with van der Waals surface area (Å²) in [6.07, 6.45) is 5.32. The van der Waals surface area contributed by atoms with Gasteiger partial charge in [-0.2, -0.15) is 10.2 Å².